The van der Waals surface area contributed by atoms with Crippen molar-refractivity contribution < 1.29 is 32.3 Å². The first-order chi connectivity index (χ1) is 13.5. The van der Waals surface area contributed by atoms with Crippen molar-refractivity contribution in [1.82, 2.24) is 10.1 Å². The molecular formula is C19H16F2N2O5. The fraction of sp³-hybridized carbons (Fsp3) is 0.211. The van der Waals surface area contributed by atoms with E-state index in [1.165, 1.54) is 25.3 Å². The number of nitrogens with zero attached hydrogens (tertiary/aromatic N) is 2. The van der Waals surface area contributed by atoms with Crippen LogP contribution in [0.3, 0.4) is 0 Å². The van der Waals surface area contributed by atoms with E-state index in [1.54, 1.807) is 25.1 Å². The minimum atomic E-state index is -2.97. The van der Waals surface area contributed by atoms with Crippen LogP contribution in [-0.4, -0.2) is 29.8 Å². The molecule has 0 fully saturated rings. The molecule has 2 aromatic carbocycles. The molecule has 7 nitrogen and oxygen atoms in total. The summed E-state index contributed by atoms with van der Waals surface area (Å²) < 4.78 is 44.5. The fourth-order valence-corrected chi connectivity index (χ4v) is 2.44. The van der Waals surface area contributed by atoms with E-state index in [9.17, 15) is 13.6 Å². The van der Waals surface area contributed by atoms with Crippen molar-refractivity contribution >= 4 is 5.97 Å². The maximum absolute atomic E-state index is 12.4. The van der Waals surface area contributed by atoms with Gasteiger partial charge in [0.05, 0.1) is 12.7 Å². The Hall–Kier alpha value is -3.49. The molecule has 0 radical (unpaired) electrons. The quantitative estimate of drug-likeness (QED) is 0.564. The predicted molar refractivity (Wildman–Crippen MR) is 93.2 cm³/mol. The molecule has 3 aromatic rings. The van der Waals surface area contributed by atoms with E-state index < -0.39 is 12.6 Å². The summed E-state index contributed by atoms with van der Waals surface area (Å²) in [6.45, 7) is -1.38. The van der Waals surface area contributed by atoms with E-state index in [4.69, 9.17) is 14.0 Å². The number of ether oxygens (including phenoxy) is 3. The summed E-state index contributed by atoms with van der Waals surface area (Å²) in [4.78, 5) is 16.3. The summed E-state index contributed by atoms with van der Waals surface area (Å²) in [6, 6.07) is 11.3. The molecule has 146 valence electrons. The lowest BCUT2D eigenvalue weighted by Crippen LogP contribution is -2.07. The third kappa shape index (κ3) is 4.43. The number of benzene rings is 2. The van der Waals surface area contributed by atoms with Gasteiger partial charge in [-0.1, -0.05) is 23.4 Å². The fourth-order valence-electron chi connectivity index (χ4n) is 2.44. The molecule has 1 aromatic heterocycles. The smallest absolute Gasteiger partial charge is 0.387 e. The number of hydrogen-bond donors (Lipinski definition) is 0. The van der Waals surface area contributed by atoms with Gasteiger partial charge in [0.15, 0.2) is 18.1 Å². The Morgan fingerprint density at radius 3 is 2.68 bits per heavy atom. The molecule has 9 heteroatoms. The minimum Gasteiger partial charge on any atom is -0.493 e. The highest BCUT2D eigenvalue weighted by atomic mass is 19.3. The van der Waals surface area contributed by atoms with Gasteiger partial charge in [0.1, 0.15) is 0 Å². The molecule has 0 unspecified atom stereocenters. The lowest BCUT2D eigenvalue weighted by atomic mass is 10.1. The van der Waals surface area contributed by atoms with Gasteiger partial charge in [-0.3, -0.25) is 0 Å². The maximum Gasteiger partial charge on any atom is 0.387 e. The van der Waals surface area contributed by atoms with Crippen molar-refractivity contribution in [3.8, 4) is 22.9 Å². The topological polar surface area (TPSA) is 83.7 Å². The third-order valence-corrected chi connectivity index (χ3v) is 3.80. The second-order valence-corrected chi connectivity index (χ2v) is 5.65. The molecule has 0 aliphatic carbocycles. The standard InChI is InChI=1S/C19H16F2N2O5/c1-11-5-3-4-6-13(11)18(24)26-10-16-22-17(23-28-16)12-7-8-14(27-19(20)21)15(9-12)25-2/h3-9,19H,10H2,1-2H3. The number of carbonyl (C=O) groups is 1. The van der Waals surface area contributed by atoms with Gasteiger partial charge in [-0.25, -0.2) is 4.79 Å². The van der Waals surface area contributed by atoms with Gasteiger partial charge < -0.3 is 18.7 Å². The van der Waals surface area contributed by atoms with Crippen molar-refractivity contribution in [2.24, 2.45) is 0 Å². The van der Waals surface area contributed by atoms with Crippen LogP contribution in [-0.2, 0) is 11.3 Å². The van der Waals surface area contributed by atoms with Crippen LogP contribution in [0.2, 0.25) is 0 Å². The zero-order valence-corrected chi connectivity index (χ0v) is 15.0. The normalized spacial score (nSPS) is 10.8. The van der Waals surface area contributed by atoms with Gasteiger partial charge >= 0.3 is 12.6 Å². The zero-order valence-electron chi connectivity index (χ0n) is 15.0. The Labute approximate surface area is 158 Å². The number of esters is 1. The average molecular weight is 390 g/mol. The third-order valence-electron chi connectivity index (χ3n) is 3.80. The summed E-state index contributed by atoms with van der Waals surface area (Å²) in [7, 11) is 1.32. The second kappa shape index (κ2) is 8.47. The summed E-state index contributed by atoms with van der Waals surface area (Å²) >= 11 is 0. The van der Waals surface area contributed by atoms with Crippen molar-refractivity contribution in [3.63, 3.8) is 0 Å². The van der Waals surface area contributed by atoms with Gasteiger partial charge in [0.2, 0.25) is 5.82 Å². The molecule has 0 N–H and O–H groups in total. The molecule has 0 atom stereocenters. The van der Waals surface area contributed by atoms with Crippen molar-refractivity contribution in [2.75, 3.05) is 7.11 Å². The molecule has 0 aliphatic heterocycles. The average Bonchev–Trinajstić information content (AvgIpc) is 3.15. The molecular weight excluding hydrogens is 374 g/mol. The molecule has 0 aliphatic rings. The van der Waals surface area contributed by atoms with Crippen LogP contribution in [0.1, 0.15) is 21.8 Å². The van der Waals surface area contributed by atoms with Crippen molar-refractivity contribution in [2.45, 2.75) is 20.1 Å². The lowest BCUT2D eigenvalue weighted by Gasteiger charge is -2.10. The highest BCUT2D eigenvalue weighted by molar-refractivity contribution is 5.90. The first-order valence-corrected chi connectivity index (χ1v) is 8.16. The minimum absolute atomic E-state index is 0.0869. The van der Waals surface area contributed by atoms with Crippen LogP contribution in [0.15, 0.2) is 47.0 Å². The Bertz CT molecular complexity index is 974. The predicted octanol–water partition coefficient (Wildman–Crippen LogP) is 4.01. The van der Waals surface area contributed by atoms with Crippen LogP contribution in [0.25, 0.3) is 11.4 Å². The Morgan fingerprint density at radius 2 is 1.96 bits per heavy atom. The van der Waals surface area contributed by atoms with Crippen LogP contribution in [0, 0.1) is 6.92 Å². The first kappa shape index (κ1) is 19.3. The van der Waals surface area contributed by atoms with Gasteiger partial charge in [-0.2, -0.15) is 13.8 Å². The number of aryl methyl sites for hydroxylation is 1. The first-order valence-electron chi connectivity index (χ1n) is 8.16. The Kier molecular flexibility index (Phi) is 5.83. The Morgan fingerprint density at radius 1 is 1.18 bits per heavy atom. The number of hydrogen-bond acceptors (Lipinski definition) is 7. The van der Waals surface area contributed by atoms with Crippen LogP contribution >= 0.6 is 0 Å². The van der Waals surface area contributed by atoms with E-state index >= 15 is 0 Å². The summed E-state index contributed by atoms with van der Waals surface area (Å²) in [6.07, 6.45) is 0. The molecule has 0 spiro atoms. The van der Waals surface area contributed by atoms with E-state index in [0.717, 1.165) is 5.56 Å². The second-order valence-electron chi connectivity index (χ2n) is 5.65. The highest BCUT2D eigenvalue weighted by Gasteiger charge is 2.16. The molecule has 0 bridgehead atoms. The van der Waals surface area contributed by atoms with Gasteiger partial charge in [0, 0.05) is 5.56 Å². The summed E-state index contributed by atoms with van der Waals surface area (Å²) in [5, 5.41) is 3.80. The largest absolute Gasteiger partial charge is 0.493 e. The number of alkyl halides is 2. The number of aromatic nitrogens is 2. The van der Waals surface area contributed by atoms with Crippen molar-refractivity contribution in [1.29, 1.82) is 0 Å². The Balaban J connectivity index is 1.70. The number of halogens is 2. The van der Waals surface area contributed by atoms with Crippen LogP contribution in [0.5, 0.6) is 11.5 Å². The molecule has 3 rings (SSSR count). The van der Waals surface area contributed by atoms with Crippen LogP contribution in [0.4, 0.5) is 8.78 Å². The molecule has 1 heterocycles. The van der Waals surface area contributed by atoms with E-state index in [0.29, 0.717) is 11.1 Å². The van der Waals surface area contributed by atoms with Crippen molar-refractivity contribution in [3.05, 3.63) is 59.5 Å². The highest BCUT2D eigenvalue weighted by Crippen LogP contribution is 2.32. The molecule has 0 saturated heterocycles. The van der Waals surface area contributed by atoms with E-state index in [-0.39, 0.29) is 29.8 Å². The van der Waals surface area contributed by atoms with Gasteiger partial charge in [-0.15, -0.1) is 0 Å². The molecule has 0 amide bonds. The SMILES string of the molecule is COc1cc(-c2noc(COC(=O)c3ccccc3C)n2)ccc1OC(F)F. The monoisotopic (exact) mass is 390 g/mol. The molecule has 28 heavy (non-hydrogen) atoms. The number of carbonyl (C=O) groups excluding carboxylic acids is 1. The van der Waals surface area contributed by atoms with Gasteiger partial charge in [-0.05, 0) is 36.8 Å². The number of rotatable bonds is 7. The lowest BCUT2D eigenvalue weighted by molar-refractivity contribution is -0.0512. The zero-order chi connectivity index (χ0) is 20.1. The van der Waals surface area contributed by atoms with E-state index in [1.807, 2.05) is 6.07 Å². The number of methoxy groups -OCH3 is 1. The summed E-state index contributed by atoms with van der Waals surface area (Å²) in [5.41, 5.74) is 1.69. The maximum atomic E-state index is 12.4. The van der Waals surface area contributed by atoms with Gasteiger partial charge in [0.25, 0.3) is 5.89 Å². The van der Waals surface area contributed by atoms with E-state index in [2.05, 4.69) is 14.9 Å². The summed E-state index contributed by atoms with van der Waals surface area (Å²) in [5.74, 6) is -0.257. The molecule has 0 saturated carbocycles. The van der Waals surface area contributed by atoms with Crippen LogP contribution < -0.4 is 9.47 Å².